The summed E-state index contributed by atoms with van der Waals surface area (Å²) < 4.78 is 5.52. The van der Waals surface area contributed by atoms with Gasteiger partial charge in [0.15, 0.2) is 0 Å². The Balaban J connectivity index is 1.71. The summed E-state index contributed by atoms with van der Waals surface area (Å²) in [6.07, 6.45) is 1.58. The number of carbonyl (C=O) groups is 2. The number of benzene rings is 2. The van der Waals surface area contributed by atoms with Crippen LogP contribution in [0.2, 0.25) is 0 Å². The molecule has 1 aliphatic rings. The van der Waals surface area contributed by atoms with Crippen LogP contribution >= 0.6 is 0 Å². The van der Waals surface area contributed by atoms with E-state index in [-0.39, 0.29) is 12.0 Å². The third-order valence-corrected chi connectivity index (χ3v) is 5.54. The van der Waals surface area contributed by atoms with Gasteiger partial charge in [0.25, 0.3) is 0 Å². The molecule has 3 rings (SSSR count). The number of nitrogens with one attached hydrogen (secondary N) is 1. The van der Waals surface area contributed by atoms with Gasteiger partial charge in [-0.25, -0.2) is 4.79 Å². The molecule has 5 nitrogen and oxygen atoms in total. The van der Waals surface area contributed by atoms with Crippen molar-refractivity contribution in [3.05, 3.63) is 71.8 Å². The van der Waals surface area contributed by atoms with Crippen molar-refractivity contribution in [2.24, 2.45) is 5.41 Å². The number of carbonyl (C=O) groups excluding carboxylic acids is 2. The van der Waals surface area contributed by atoms with Gasteiger partial charge in [0.1, 0.15) is 5.60 Å². The van der Waals surface area contributed by atoms with E-state index in [1.807, 2.05) is 69.3 Å². The molecule has 1 fully saturated rings. The van der Waals surface area contributed by atoms with E-state index in [9.17, 15) is 9.59 Å². The van der Waals surface area contributed by atoms with Crippen LogP contribution in [0.25, 0.3) is 0 Å². The van der Waals surface area contributed by atoms with Gasteiger partial charge in [-0.2, -0.15) is 0 Å². The molecule has 0 saturated carbocycles. The van der Waals surface area contributed by atoms with Gasteiger partial charge in [-0.1, -0.05) is 60.7 Å². The van der Waals surface area contributed by atoms with E-state index < -0.39 is 11.0 Å². The standard InChI is InChI=1S/C25H32N2O3/c1-24(2,3)30-23(29)27-16-14-25(15-17-27,18-20-10-6-4-7-11-20)22(28)26-19-21-12-8-5-9-13-21/h4-13H,14-19H2,1-3H3,(H,26,28). The van der Waals surface area contributed by atoms with E-state index in [1.54, 1.807) is 4.90 Å². The Labute approximate surface area is 179 Å². The van der Waals surface area contributed by atoms with Gasteiger partial charge in [0.05, 0.1) is 5.41 Å². The van der Waals surface area contributed by atoms with Gasteiger partial charge in [-0.05, 0) is 51.2 Å². The van der Waals surface area contributed by atoms with E-state index in [2.05, 4.69) is 17.4 Å². The molecule has 1 aliphatic heterocycles. The Hall–Kier alpha value is -2.82. The molecule has 1 saturated heterocycles. The predicted molar refractivity (Wildman–Crippen MR) is 118 cm³/mol. The average molecular weight is 409 g/mol. The van der Waals surface area contributed by atoms with Crippen molar-refractivity contribution >= 4 is 12.0 Å². The number of hydrogen-bond acceptors (Lipinski definition) is 3. The third kappa shape index (κ3) is 5.85. The lowest BCUT2D eigenvalue weighted by Gasteiger charge is -2.41. The second kappa shape index (κ2) is 9.33. The number of ether oxygens (including phenoxy) is 1. The number of rotatable bonds is 5. The lowest BCUT2D eigenvalue weighted by molar-refractivity contribution is -0.134. The number of amides is 2. The monoisotopic (exact) mass is 408 g/mol. The van der Waals surface area contributed by atoms with Crippen molar-refractivity contribution in [3.63, 3.8) is 0 Å². The van der Waals surface area contributed by atoms with E-state index in [4.69, 9.17) is 4.74 Å². The Morgan fingerprint density at radius 2 is 1.47 bits per heavy atom. The number of piperidine rings is 1. The molecule has 1 heterocycles. The summed E-state index contributed by atoms with van der Waals surface area (Å²) >= 11 is 0. The molecule has 0 bridgehead atoms. The smallest absolute Gasteiger partial charge is 0.410 e. The molecule has 160 valence electrons. The van der Waals surface area contributed by atoms with Crippen LogP contribution in [0.15, 0.2) is 60.7 Å². The maximum Gasteiger partial charge on any atom is 0.410 e. The fourth-order valence-electron chi connectivity index (χ4n) is 3.88. The number of likely N-dealkylation sites (tertiary alicyclic amines) is 1. The molecule has 0 aromatic heterocycles. The minimum atomic E-state index is -0.533. The lowest BCUT2D eigenvalue weighted by atomic mass is 9.73. The summed E-state index contributed by atoms with van der Waals surface area (Å²) in [5.41, 5.74) is 1.15. The molecule has 30 heavy (non-hydrogen) atoms. The first kappa shape index (κ1) is 21.9. The average Bonchev–Trinajstić information content (AvgIpc) is 2.72. The second-order valence-electron chi connectivity index (χ2n) is 9.08. The summed E-state index contributed by atoms with van der Waals surface area (Å²) in [4.78, 5) is 27.5. The molecule has 2 aromatic rings. The molecule has 1 N–H and O–H groups in total. The quantitative estimate of drug-likeness (QED) is 0.789. The van der Waals surface area contributed by atoms with Crippen LogP contribution in [0.1, 0.15) is 44.7 Å². The maximum absolute atomic E-state index is 13.4. The SMILES string of the molecule is CC(C)(C)OC(=O)N1CCC(Cc2ccccc2)(C(=O)NCc2ccccc2)CC1. The zero-order chi connectivity index (χ0) is 21.6. The summed E-state index contributed by atoms with van der Waals surface area (Å²) in [7, 11) is 0. The highest BCUT2D eigenvalue weighted by Crippen LogP contribution is 2.36. The van der Waals surface area contributed by atoms with Gasteiger partial charge < -0.3 is 15.0 Å². The molecule has 0 spiro atoms. The van der Waals surface area contributed by atoms with Crippen LogP contribution < -0.4 is 5.32 Å². The highest BCUT2D eigenvalue weighted by atomic mass is 16.6. The maximum atomic E-state index is 13.4. The molecule has 2 amide bonds. The van der Waals surface area contributed by atoms with Crippen LogP contribution in [0.5, 0.6) is 0 Å². The van der Waals surface area contributed by atoms with Crippen molar-refractivity contribution in [3.8, 4) is 0 Å². The molecule has 0 radical (unpaired) electrons. The van der Waals surface area contributed by atoms with Crippen molar-refractivity contribution in [1.29, 1.82) is 0 Å². The Bertz CT molecular complexity index is 836. The summed E-state index contributed by atoms with van der Waals surface area (Å²) in [5, 5.41) is 3.14. The van der Waals surface area contributed by atoms with E-state index in [1.165, 1.54) is 0 Å². The lowest BCUT2D eigenvalue weighted by Crippen LogP contribution is -2.51. The van der Waals surface area contributed by atoms with E-state index >= 15 is 0 Å². The van der Waals surface area contributed by atoms with E-state index in [0.29, 0.717) is 38.9 Å². The molecule has 5 heteroatoms. The molecule has 0 unspecified atom stereocenters. The Kier molecular flexibility index (Phi) is 6.80. The number of nitrogens with zero attached hydrogens (tertiary/aromatic N) is 1. The summed E-state index contributed by atoms with van der Waals surface area (Å²) in [6, 6.07) is 20.0. The third-order valence-electron chi connectivity index (χ3n) is 5.54. The van der Waals surface area contributed by atoms with Crippen LogP contribution in [-0.4, -0.2) is 35.6 Å². The largest absolute Gasteiger partial charge is 0.444 e. The van der Waals surface area contributed by atoms with Gasteiger partial charge in [0.2, 0.25) is 5.91 Å². The molecule has 0 aliphatic carbocycles. The number of hydrogen-bond donors (Lipinski definition) is 1. The Morgan fingerprint density at radius 3 is 2.00 bits per heavy atom. The molecular formula is C25H32N2O3. The van der Waals surface area contributed by atoms with Crippen LogP contribution in [0.4, 0.5) is 4.79 Å². The van der Waals surface area contributed by atoms with Gasteiger partial charge in [0, 0.05) is 19.6 Å². The first-order chi connectivity index (χ1) is 14.3. The zero-order valence-electron chi connectivity index (χ0n) is 18.2. The van der Waals surface area contributed by atoms with Crippen LogP contribution in [-0.2, 0) is 22.5 Å². The fraction of sp³-hybridized carbons (Fsp3) is 0.440. The van der Waals surface area contributed by atoms with E-state index in [0.717, 1.165) is 11.1 Å². The van der Waals surface area contributed by atoms with Crippen LogP contribution in [0.3, 0.4) is 0 Å². The first-order valence-corrected chi connectivity index (χ1v) is 10.6. The minimum Gasteiger partial charge on any atom is -0.444 e. The summed E-state index contributed by atoms with van der Waals surface area (Å²) in [6.45, 7) is 7.13. The highest BCUT2D eigenvalue weighted by molar-refractivity contribution is 5.83. The topological polar surface area (TPSA) is 58.6 Å². The van der Waals surface area contributed by atoms with Gasteiger partial charge >= 0.3 is 6.09 Å². The first-order valence-electron chi connectivity index (χ1n) is 10.6. The molecule has 0 atom stereocenters. The molecule has 2 aromatic carbocycles. The normalized spacial score (nSPS) is 16.0. The molecular weight excluding hydrogens is 376 g/mol. The van der Waals surface area contributed by atoms with Crippen molar-refractivity contribution in [1.82, 2.24) is 10.2 Å². The Morgan fingerprint density at radius 1 is 0.933 bits per heavy atom. The van der Waals surface area contributed by atoms with Crippen molar-refractivity contribution in [2.75, 3.05) is 13.1 Å². The second-order valence-corrected chi connectivity index (χ2v) is 9.08. The zero-order valence-corrected chi connectivity index (χ0v) is 18.2. The summed E-state index contributed by atoms with van der Waals surface area (Å²) in [5.74, 6) is 0.0547. The predicted octanol–water partition coefficient (Wildman–Crippen LogP) is 4.56. The fourth-order valence-corrected chi connectivity index (χ4v) is 3.88. The minimum absolute atomic E-state index is 0.0547. The highest BCUT2D eigenvalue weighted by Gasteiger charge is 2.42. The van der Waals surface area contributed by atoms with Crippen molar-refractivity contribution < 1.29 is 14.3 Å². The van der Waals surface area contributed by atoms with Crippen LogP contribution in [0, 0.1) is 5.41 Å². The van der Waals surface area contributed by atoms with Gasteiger partial charge in [-0.15, -0.1) is 0 Å². The van der Waals surface area contributed by atoms with Crippen molar-refractivity contribution in [2.45, 2.75) is 52.2 Å². The van der Waals surface area contributed by atoms with Gasteiger partial charge in [-0.3, -0.25) is 4.79 Å².